The smallest absolute Gasteiger partial charge is 0.243 e. The summed E-state index contributed by atoms with van der Waals surface area (Å²) in [4.78, 5) is 0.199. The molecule has 0 saturated carbocycles. The van der Waals surface area contributed by atoms with Crippen molar-refractivity contribution in [1.29, 1.82) is 0 Å². The molecule has 0 radical (unpaired) electrons. The fourth-order valence-corrected chi connectivity index (χ4v) is 4.42. The Morgan fingerprint density at radius 1 is 1.16 bits per heavy atom. The molecule has 2 aromatic carbocycles. The lowest BCUT2D eigenvalue weighted by Crippen LogP contribution is -2.43. The second-order valence-electron chi connectivity index (χ2n) is 5.66. The lowest BCUT2D eigenvalue weighted by Gasteiger charge is -2.34. The Balaban J connectivity index is 1.91. The maximum atomic E-state index is 13.2. The van der Waals surface area contributed by atoms with Gasteiger partial charge in [0.1, 0.15) is 11.6 Å². The van der Waals surface area contributed by atoms with Crippen LogP contribution in [0.5, 0.6) is 5.75 Å². The Bertz CT molecular complexity index is 806. The molecule has 0 N–H and O–H groups in total. The molecule has 3 rings (SSSR count). The maximum Gasteiger partial charge on any atom is 0.243 e. The van der Waals surface area contributed by atoms with Crippen molar-refractivity contribution < 1.29 is 22.3 Å². The molecule has 0 aliphatic carbocycles. The van der Waals surface area contributed by atoms with Gasteiger partial charge in [-0.1, -0.05) is 12.1 Å². The number of hydrogen-bond donors (Lipinski definition) is 0. The van der Waals surface area contributed by atoms with E-state index in [0.29, 0.717) is 24.5 Å². The molecule has 5 nitrogen and oxygen atoms in total. The maximum absolute atomic E-state index is 13.2. The van der Waals surface area contributed by atoms with E-state index in [2.05, 4.69) is 0 Å². The second-order valence-corrected chi connectivity index (χ2v) is 7.55. The minimum Gasteiger partial charge on any atom is -0.494 e. The highest BCUT2D eigenvalue weighted by Gasteiger charge is 2.35. The molecule has 1 saturated heterocycles. The Kier molecular flexibility index (Phi) is 5.36. The van der Waals surface area contributed by atoms with Crippen LogP contribution in [0.15, 0.2) is 53.4 Å². The molecule has 1 fully saturated rings. The number of benzene rings is 2. The third kappa shape index (κ3) is 3.84. The van der Waals surface area contributed by atoms with Crippen molar-refractivity contribution in [3.63, 3.8) is 0 Å². The van der Waals surface area contributed by atoms with Gasteiger partial charge in [0.05, 0.1) is 30.8 Å². The van der Waals surface area contributed by atoms with E-state index < -0.39 is 16.1 Å². The van der Waals surface area contributed by atoms with E-state index in [4.69, 9.17) is 9.47 Å². The number of hydrogen-bond acceptors (Lipinski definition) is 4. The van der Waals surface area contributed by atoms with Gasteiger partial charge < -0.3 is 9.47 Å². The van der Waals surface area contributed by atoms with Crippen molar-refractivity contribution >= 4 is 10.0 Å². The number of ether oxygens (including phenoxy) is 2. The van der Waals surface area contributed by atoms with Crippen LogP contribution in [0.25, 0.3) is 0 Å². The van der Waals surface area contributed by atoms with Crippen molar-refractivity contribution in [3.8, 4) is 5.75 Å². The number of sulfonamides is 1. The van der Waals surface area contributed by atoms with Gasteiger partial charge in [-0.05, 0) is 48.9 Å². The van der Waals surface area contributed by atoms with E-state index in [0.717, 1.165) is 0 Å². The van der Waals surface area contributed by atoms with E-state index in [-0.39, 0.29) is 23.9 Å². The van der Waals surface area contributed by atoms with Gasteiger partial charge >= 0.3 is 0 Å². The van der Waals surface area contributed by atoms with Crippen molar-refractivity contribution in [3.05, 3.63) is 59.9 Å². The quantitative estimate of drug-likeness (QED) is 0.817. The number of rotatable bonds is 5. The Morgan fingerprint density at radius 2 is 1.84 bits per heavy atom. The van der Waals surface area contributed by atoms with Gasteiger partial charge in [-0.25, -0.2) is 12.8 Å². The van der Waals surface area contributed by atoms with Crippen LogP contribution in [-0.2, 0) is 14.8 Å². The van der Waals surface area contributed by atoms with Crippen LogP contribution in [0.4, 0.5) is 4.39 Å². The van der Waals surface area contributed by atoms with E-state index in [1.807, 2.05) is 6.92 Å². The van der Waals surface area contributed by atoms with E-state index in [1.165, 1.54) is 28.6 Å². The molecular weight excluding hydrogens is 345 g/mol. The molecule has 134 valence electrons. The standard InChI is InChI=1S/C18H20FNO4S/c1-2-24-16-7-9-17(10-8-16)25(21,22)20-11-12-23-13-18(20)14-3-5-15(19)6-4-14/h3-10,18H,2,11-13H2,1H3. The van der Waals surface area contributed by atoms with Crippen LogP contribution in [0.3, 0.4) is 0 Å². The topological polar surface area (TPSA) is 55.8 Å². The zero-order chi connectivity index (χ0) is 17.9. The zero-order valence-electron chi connectivity index (χ0n) is 13.9. The van der Waals surface area contributed by atoms with Gasteiger partial charge in [0.2, 0.25) is 10.0 Å². The average molecular weight is 365 g/mol. The minimum absolute atomic E-state index is 0.199. The molecule has 0 amide bonds. The van der Waals surface area contributed by atoms with Crippen LogP contribution < -0.4 is 4.74 Å². The highest BCUT2D eigenvalue weighted by Crippen LogP contribution is 2.31. The summed E-state index contributed by atoms with van der Waals surface area (Å²) in [7, 11) is -3.70. The zero-order valence-corrected chi connectivity index (χ0v) is 14.7. The molecule has 0 bridgehead atoms. The molecule has 1 unspecified atom stereocenters. The van der Waals surface area contributed by atoms with Gasteiger partial charge in [0, 0.05) is 6.54 Å². The number of halogens is 1. The van der Waals surface area contributed by atoms with Crippen molar-refractivity contribution in [2.24, 2.45) is 0 Å². The molecule has 25 heavy (non-hydrogen) atoms. The first kappa shape index (κ1) is 17.8. The second kappa shape index (κ2) is 7.51. The first-order valence-electron chi connectivity index (χ1n) is 8.10. The monoisotopic (exact) mass is 365 g/mol. The molecule has 0 aromatic heterocycles. The molecule has 1 aliphatic heterocycles. The Hall–Kier alpha value is -1.96. The van der Waals surface area contributed by atoms with Gasteiger partial charge in [0.15, 0.2) is 0 Å². The molecule has 1 aliphatic rings. The Labute approximate surface area is 147 Å². The fraction of sp³-hybridized carbons (Fsp3) is 0.333. The number of morpholine rings is 1. The summed E-state index contributed by atoms with van der Waals surface area (Å²) >= 11 is 0. The highest BCUT2D eigenvalue weighted by molar-refractivity contribution is 7.89. The van der Waals surface area contributed by atoms with Gasteiger partial charge in [0.25, 0.3) is 0 Å². The van der Waals surface area contributed by atoms with E-state index in [9.17, 15) is 12.8 Å². The SMILES string of the molecule is CCOc1ccc(S(=O)(=O)N2CCOCC2c2ccc(F)cc2)cc1. The lowest BCUT2D eigenvalue weighted by atomic mass is 10.1. The van der Waals surface area contributed by atoms with Crippen LogP contribution in [0.2, 0.25) is 0 Å². The summed E-state index contributed by atoms with van der Waals surface area (Å²) in [6.45, 7) is 3.20. The van der Waals surface area contributed by atoms with Crippen LogP contribution in [0.1, 0.15) is 18.5 Å². The summed E-state index contributed by atoms with van der Waals surface area (Å²) in [5, 5.41) is 0. The molecule has 0 spiro atoms. The number of nitrogens with zero attached hydrogens (tertiary/aromatic N) is 1. The van der Waals surface area contributed by atoms with Gasteiger partial charge in [-0.15, -0.1) is 0 Å². The predicted octanol–water partition coefficient (Wildman–Crippen LogP) is 2.99. The van der Waals surface area contributed by atoms with Crippen LogP contribution in [-0.4, -0.2) is 39.1 Å². The van der Waals surface area contributed by atoms with Crippen molar-refractivity contribution in [2.75, 3.05) is 26.4 Å². The predicted molar refractivity (Wildman–Crippen MR) is 91.5 cm³/mol. The molecule has 7 heteroatoms. The van der Waals surface area contributed by atoms with Crippen LogP contribution >= 0.6 is 0 Å². The van der Waals surface area contributed by atoms with Crippen molar-refractivity contribution in [2.45, 2.75) is 17.9 Å². The summed E-state index contributed by atoms with van der Waals surface area (Å²) in [6, 6.07) is 11.7. The fourth-order valence-electron chi connectivity index (χ4n) is 2.83. The average Bonchev–Trinajstić information content (AvgIpc) is 2.63. The normalized spacial score (nSPS) is 18.9. The first-order valence-corrected chi connectivity index (χ1v) is 9.54. The van der Waals surface area contributed by atoms with E-state index in [1.54, 1.807) is 24.3 Å². The summed E-state index contributed by atoms with van der Waals surface area (Å²) in [6.07, 6.45) is 0. The first-order chi connectivity index (χ1) is 12.0. The van der Waals surface area contributed by atoms with Gasteiger partial charge in [-0.2, -0.15) is 4.31 Å². The summed E-state index contributed by atoms with van der Waals surface area (Å²) in [5.41, 5.74) is 0.704. The third-order valence-corrected chi connectivity index (χ3v) is 6.00. The lowest BCUT2D eigenvalue weighted by molar-refractivity contribution is 0.0320. The van der Waals surface area contributed by atoms with Gasteiger partial charge in [-0.3, -0.25) is 0 Å². The highest BCUT2D eigenvalue weighted by atomic mass is 32.2. The molecule has 1 atom stereocenters. The van der Waals surface area contributed by atoms with E-state index >= 15 is 0 Å². The minimum atomic E-state index is -3.70. The Morgan fingerprint density at radius 3 is 2.48 bits per heavy atom. The summed E-state index contributed by atoms with van der Waals surface area (Å²) < 4.78 is 51.5. The largest absolute Gasteiger partial charge is 0.494 e. The molecule has 1 heterocycles. The molecular formula is C18H20FNO4S. The third-order valence-electron chi connectivity index (χ3n) is 4.08. The summed E-state index contributed by atoms with van der Waals surface area (Å²) in [5.74, 6) is 0.264. The van der Waals surface area contributed by atoms with Crippen LogP contribution in [0, 0.1) is 5.82 Å². The molecule has 2 aromatic rings. The van der Waals surface area contributed by atoms with Crippen molar-refractivity contribution in [1.82, 2.24) is 4.31 Å².